The lowest BCUT2D eigenvalue weighted by molar-refractivity contribution is -0.105. The van der Waals surface area contributed by atoms with Crippen molar-refractivity contribution in [3.8, 4) is 0 Å². The molecule has 0 radical (unpaired) electrons. The van der Waals surface area contributed by atoms with Gasteiger partial charge in [0.1, 0.15) is 0 Å². The first kappa shape index (κ1) is 15.3. The number of allylic oxidation sites excluding steroid dienone is 1. The maximum Gasteiger partial charge on any atom is 0.322 e. The highest BCUT2D eigenvalue weighted by Gasteiger charge is 2.37. The zero-order chi connectivity index (χ0) is 15.6. The van der Waals surface area contributed by atoms with Crippen molar-refractivity contribution in [3.05, 3.63) is 47.2 Å². The van der Waals surface area contributed by atoms with Crippen molar-refractivity contribution in [2.45, 2.75) is 39.8 Å². The number of amides is 2. The van der Waals surface area contributed by atoms with Gasteiger partial charge in [-0.1, -0.05) is 44.2 Å². The average Bonchev–Trinajstić information content (AvgIpc) is 2.46. The summed E-state index contributed by atoms with van der Waals surface area (Å²) in [7, 11) is 0. The van der Waals surface area contributed by atoms with Crippen molar-refractivity contribution >= 4 is 12.3 Å². The second-order valence-electron chi connectivity index (χ2n) is 5.89. The quantitative estimate of drug-likeness (QED) is 0.864. The van der Waals surface area contributed by atoms with E-state index < -0.39 is 0 Å². The van der Waals surface area contributed by atoms with E-state index in [1.807, 2.05) is 58.0 Å². The lowest BCUT2D eigenvalue weighted by atomic mass is 9.86. The molecule has 1 heterocycles. The van der Waals surface area contributed by atoms with Gasteiger partial charge in [0.25, 0.3) is 0 Å². The molecule has 4 heteroatoms. The number of benzene rings is 1. The summed E-state index contributed by atoms with van der Waals surface area (Å²) in [5.41, 5.74) is 2.40. The second-order valence-corrected chi connectivity index (χ2v) is 5.89. The van der Waals surface area contributed by atoms with E-state index in [9.17, 15) is 9.59 Å². The van der Waals surface area contributed by atoms with E-state index >= 15 is 0 Å². The highest BCUT2D eigenvalue weighted by Crippen LogP contribution is 2.38. The molecule has 0 fully saturated rings. The molecule has 2 amide bonds. The zero-order valence-electron chi connectivity index (χ0n) is 13.0. The van der Waals surface area contributed by atoms with Gasteiger partial charge < -0.3 is 10.2 Å². The van der Waals surface area contributed by atoms with Crippen molar-refractivity contribution in [2.24, 2.45) is 5.92 Å². The van der Waals surface area contributed by atoms with Crippen molar-refractivity contribution in [1.82, 2.24) is 10.2 Å². The van der Waals surface area contributed by atoms with Gasteiger partial charge in [-0.25, -0.2) is 4.79 Å². The maximum absolute atomic E-state index is 12.4. The summed E-state index contributed by atoms with van der Waals surface area (Å²) in [5, 5.41) is 2.73. The van der Waals surface area contributed by atoms with Crippen LogP contribution in [-0.2, 0) is 4.79 Å². The van der Waals surface area contributed by atoms with Crippen LogP contribution < -0.4 is 5.32 Å². The fourth-order valence-corrected chi connectivity index (χ4v) is 2.90. The number of nitrogens with zero attached hydrogens (tertiary/aromatic N) is 1. The molecule has 1 unspecified atom stereocenters. The highest BCUT2D eigenvalue weighted by molar-refractivity contribution is 5.88. The second kappa shape index (κ2) is 6.12. The Bertz CT molecular complexity index is 561. The first-order valence-electron chi connectivity index (χ1n) is 7.30. The summed E-state index contributed by atoms with van der Waals surface area (Å²) in [4.78, 5) is 25.6. The van der Waals surface area contributed by atoms with Gasteiger partial charge in [-0.3, -0.25) is 4.79 Å². The van der Waals surface area contributed by atoms with Gasteiger partial charge in [0, 0.05) is 6.04 Å². The largest absolute Gasteiger partial charge is 0.322 e. The molecule has 1 atom stereocenters. The van der Waals surface area contributed by atoms with Crippen molar-refractivity contribution in [1.29, 1.82) is 0 Å². The van der Waals surface area contributed by atoms with E-state index in [0.717, 1.165) is 17.4 Å². The average molecular weight is 286 g/mol. The minimum atomic E-state index is -0.217. The summed E-state index contributed by atoms with van der Waals surface area (Å²) >= 11 is 0. The highest BCUT2D eigenvalue weighted by atomic mass is 16.2. The monoisotopic (exact) mass is 286 g/mol. The van der Waals surface area contributed by atoms with Crippen LogP contribution in [-0.4, -0.2) is 23.3 Å². The van der Waals surface area contributed by atoms with Gasteiger partial charge in [0.05, 0.1) is 11.7 Å². The molecule has 1 aliphatic heterocycles. The summed E-state index contributed by atoms with van der Waals surface area (Å²) in [5.74, 6) is 0.164. The van der Waals surface area contributed by atoms with Crippen LogP contribution in [0.3, 0.4) is 0 Å². The number of hydrogen-bond acceptors (Lipinski definition) is 2. The lowest BCUT2D eigenvalue weighted by Crippen LogP contribution is -2.51. The molecule has 1 aromatic carbocycles. The number of rotatable bonds is 4. The van der Waals surface area contributed by atoms with Gasteiger partial charge in [0.15, 0.2) is 6.29 Å². The third-order valence-electron chi connectivity index (χ3n) is 3.77. The summed E-state index contributed by atoms with van der Waals surface area (Å²) in [6.07, 6.45) is 0.751. The molecule has 0 spiro atoms. The molecule has 4 nitrogen and oxygen atoms in total. The molecule has 112 valence electrons. The number of hydrogen-bond donors (Lipinski definition) is 1. The summed E-state index contributed by atoms with van der Waals surface area (Å²) in [6.45, 7) is 8.06. The first-order chi connectivity index (χ1) is 9.97. The molecule has 1 aliphatic rings. The molecule has 0 saturated carbocycles. The Morgan fingerprint density at radius 2 is 1.76 bits per heavy atom. The molecule has 0 bridgehead atoms. The van der Waals surface area contributed by atoms with E-state index in [0.29, 0.717) is 5.70 Å². The standard InChI is InChI=1S/C17H22N2O2/c1-11(2)15-14(10-20)18-17(21)19(12(3)4)16(15)13-8-6-5-7-9-13/h5-12,16H,1-4H3,(H,18,21). The minimum absolute atomic E-state index is 0.0390. The number of urea groups is 1. The third kappa shape index (κ3) is 2.84. The fraction of sp³-hybridized carbons (Fsp3) is 0.412. The minimum Gasteiger partial charge on any atom is -0.311 e. The number of nitrogens with one attached hydrogen (secondary N) is 1. The Balaban J connectivity index is 2.64. The van der Waals surface area contributed by atoms with Gasteiger partial charge >= 0.3 is 6.03 Å². The smallest absolute Gasteiger partial charge is 0.311 e. The molecule has 0 aliphatic carbocycles. The van der Waals surface area contributed by atoms with Crippen LogP contribution in [0.5, 0.6) is 0 Å². The Hall–Kier alpha value is -2.10. The van der Waals surface area contributed by atoms with E-state index in [1.54, 1.807) is 4.90 Å². The molecule has 21 heavy (non-hydrogen) atoms. The number of carbonyl (C=O) groups excluding carboxylic acids is 2. The maximum atomic E-state index is 12.4. The summed E-state index contributed by atoms with van der Waals surface area (Å²) in [6, 6.07) is 9.50. The molecule has 2 rings (SSSR count). The van der Waals surface area contributed by atoms with Crippen molar-refractivity contribution in [2.75, 3.05) is 0 Å². The van der Waals surface area contributed by atoms with Crippen LogP contribution in [0.4, 0.5) is 4.79 Å². The number of aldehydes is 1. The normalized spacial score (nSPS) is 19.2. The molecular formula is C17H22N2O2. The summed E-state index contributed by atoms with van der Waals surface area (Å²) < 4.78 is 0. The van der Waals surface area contributed by atoms with Crippen LogP contribution in [0.2, 0.25) is 0 Å². The fourth-order valence-electron chi connectivity index (χ4n) is 2.90. The van der Waals surface area contributed by atoms with Crippen molar-refractivity contribution < 1.29 is 9.59 Å². The molecule has 1 aromatic rings. The molecular weight excluding hydrogens is 264 g/mol. The molecule has 0 saturated heterocycles. The van der Waals surface area contributed by atoms with Gasteiger partial charge in [0.2, 0.25) is 0 Å². The SMILES string of the molecule is CC(C)C1=C(C=O)NC(=O)N(C(C)C)C1c1ccccc1. The van der Waals surface area contributed by atoms with Gasteiger partial charge in [-0.2, -0.15) is 0 Å². The third-order valence-corrected chi connectivity index (χ3v) is 3.77. The Kier molecular flexibility index (Phi) is 4.46. The molecule has 1 N–H and O–H groups in total. The van der Waals surface area contributed by atoms with Crippen LogP contribution in [0.1, 0.15) is 39.3 Å². The lowest BCUT2D eigenvalue weighted by Gasteiger charge is -2.42. The predicted octanol–water partition coefficient (Wildman–Crippen LogP) is 3.27. The predicted molar refractivity (Wildman–Crippen MR) is 82.6 cm³/mol. The van der Waals surface area contributed by atoms with E-state index in [-0.39, 0.29) is 24.0 Å². The van der Waals surface area contributed by atoms with Crippen LogP contribution >= 0.6 is 0 Å². The van der Waals surface area contributed by atoms with E-state index in [2.05, 4.69) is 5.32 Å². The topological polar surface area (TPSA) is 49.4 Å². The van der Waals surface area contributed by atoms with Crippen LogP contribution in [0.15, 0.2) is 41.6 Å². The van der Waals surface area contributed by atoms with Gasteiger partial charge in [-0.05, 0) is 30.9 Å². The molecule has 0 aromatic heterocycles. The van der Waals surface area contributed by atoms with Crippen molar-refractivity contribution in [3.63, 3.8) is 0 Å². The first-order valence-corrected chi connectivity index (χ1v) is 7.30. The Labute approximate surface area is 125 Å². The van der Waals surface area contributed by atoms with E-state index in [4.69, 9.17) is 0 Å². The zero-order valence-corrected chi connectivity index (χ0v) is 13.0. The Morgan fingerprint density at radius 1 is 1.14 bits per heavy atom. The van der Waals surface area contributed by atoms with Crippen LogP contribution in [0.25, 0.3) is 0 Å². The van der Waals surface area contributed by atoms with Gasteiger partial charge in [-0.15, -0.1) is 0 Å². The Morgan fingerprint density at radius 3 is 2.24 bits per heavy atom. The number of carbonyl (C=O) groups is 2. The van der Waals surface area contributed by atoms with E-state index in [1.165, 1.54) is 0 Å². The van der Waals surface area contributed by atoms with Crippen LogP contribution in [0, 0.1) is 5.92 Å².